The van der Waals surface area contributed by atoms with Crippen LogP contribution < -0.4 is 20.7 Å². The standard InChI is InChI=1S/C20H15BrN4O4S/c1-29-12-5-3-11(4-6-12)23-15(26)9-25-14-7-2-10(21)8-13(14)16(19(25)27)17-18(22)24-20(28)30-17/h2-8H,9H2,1H3,(H,23,26)(H2,22,24,28)/b17-16+. The van der Waals surface area contributed by atoms with Crippen molar-refractivity contribution in [2.75, 3.05) is 23.9 Å². The Morgan fingerprint density at radius 1 is 1.23 bits per heavy atom. The molecule has 2 aliphatic rings. The van der Waals surface area contributed by atoms with Gasteiger partial charge in [0.15, 0.2) is 0 Å². The van der Waals surface area contributed by atoms with E-state index in [2.05, 4.69) is 26.2 Å². The number of nitrogens with zero attached hydrogens (tertiary/aromatic N) is 2. The monoisotopic (exact) mass is 486 g/mol. The quantitative estimate of drug-likeness (QED) is 0.640. The summed E-state index contributed by atoms with van der Waals surface area (Å²) in [6.07, 6.45) is 0. The van der Waals surface area contributed by atoms with Gasteiger partial charge in [-0.25, -0.2) is 0 Å². The molecule has 8 nitrogen and oxygen atoms in total. The van der Waals surface area contributed by atoms with Crippen molar-refractivity contribution in [2.45, 2.75) is 0 Å². The molecule has 152 valence electrons. The number of ether oxygens (including phenoxy) is 1. The number of hydrogen-bond donors (Lipinski definition) is 2. The van der Waals surface area contributed by atoms with Gasteiger partial charge in [0.2, 0.25) is 5.91 Å². The molecular weight excluding hydrogens is 472 g/mol. The largest absolute Gasteiger partial charge is 0.497 e. The Labute approximate surface area is 184 Å². The van der Waals surface area contributed by atoms with Crippen molar-refractivity contribution in [1.29, 1.82) is 0 Å². The van der Waals surface area contributed by atoms with Crippen LogP contribution >= 0.6 is 27.7 Å². The lowest BCUT2D eigenvalue weighted by Crippen LogP contribution is -2.35. The number of amides is 3. The van der Waals surface area contributed by atoms with Crippen molar-refractivity contribution in [2.24, 2.45) is 10.7 Å². The number of methoxy groups -OCH3 is 1. The first-order chi connectivity index (χ1) is 14.4. The highest BCUT2D eigenvalue weighted by Crippen LogP contribution is 2.43. The van der Waals surface area contributed by atoms with Gasteiger partial charge in [0.05, 0.1) is 23.3 Å². The normalized spacial score (nSPS) is 17.8. The van der Waals surface area contributed by atoms with Crippen LogP contribution in [-0.4, -0.2) is 36.5 Å². The van der Waals surface area contributed by atoms with Gasteiger partial charge in [0, 0.05) is 15.7 Å². The van der Waals surface area contributed by atoms with E-state index < -0.39 is 11.1 Å². The van der Waals surface area contributed by atoms with Crippen LogP contribution in [0, 0.1) is 0 Å². The van der Waals surface area contributed by atoms with Crippen LogP contribution in [0.15, 0.2) is 56.8 Å². The summed E-state index contributed by atoms with van der Waals surface area (Å²) < 4.78 is 5.85. The van der Waals surface area contributed by atoms with Crippen molar-refractivity contribution < 1.29 is 19.1 Å². The molecular formula is C20H15BrN4O4S. The third-order valence-electron chi connectivity index (χ3n) is 4.51. The van der Waals surface area contributed by atoms with Gasteiger partial charge in [-0.2, -0.15) is 4.99 Å². The topological polar surface area (TPSA) is 114 Å². The summed E-state index contributed by atoms with van der Waals surface area (Å²) in [5.41, 5.74) is 7.84. The molecule has 2 heterocycles. The lowest BCUT2D eigenvalue weighted by molar-refractivity contribution is -0.118. The lowest BCUT2D eigenvalue weighted by atomic mass is 10.1. The molecule has 4 rings (SSSR count). The van der Waals surface area contributed by atoms with Crippen LogP contribution in [0.5, 0.6) is 5.75 Å². The van der Waals surface area contributed by atoms with E-state index in [9.17, 15) is 14.4 Å². The second-order valence-corrected chi connectivity index (χ2v) is 8.28. The fourth-order valence-corrected chi connectivity index (χ4v) is 4.32. The zero-order valence-corrected chi connectivity index (χ0v) is 18.0. The Kier molecular flexibility index (Phi) is 5.35. The van der Waals surface area contributed by atoms with Crippen LogP contribution in [-0.2, 0) is 9.59 Å². The van der Waals surface area contributed by atoms with Gasteiger partial charge in [-0.1, -0.05) is 15.9 Å². The molecule has 0 aliphatic carbocycles. The van der Waals surface area contributed by atoms with Crippen molar-refractivity contribution >= 4 is 67.5 Å². The lowest BCUT2D eigenvalue weighted by Gasteiger charge is -2.17. The molecule has 0 spiro atoms. The van der Waals surface area contributed by atoms with Crippen LogP contribution in [0.3, 0.4) is 0 Å². The van der Waals surface area contributed by atoms with Crippen molar-refractivity contribution in [3.8, 4) is 5.75 Å². The Balaban J connectivity index is 1.63. The molecule has 2 aromatic carbocycles. The number of thioether (sulfide) groups is 1. The first-order valence-electron chi connectivity index (χ1n) is 8.73. The molecule has 0 fully saturated rings. The molecule has 0 atom stereocenters. The van der Waals surface area contributed by atoms with E-state index in [4.69, 9.17) is 10.5 Å². The summed E-state index contributed by atoms with van der Waals surface area (Å²) >= 11 is 4.21. The molecule has 0 bridgehead atoms. The first kappa shape index (κ1) is 20.2. The molecule has 0 saturated carbocycles. The minimum atomic E-state index is -0.477. The second-order valence-electron chi connectivity index (χ2n) is 6.40. The molecule has 10 heteroatoms. The number of carbonyl (C=O) groups excluding carboxylic acids is 3. The van der Waals surface area contributed by atoms with E-state index in [1.165, 1.54) is 4.90 Å². The number of amidine groups is 1. The van der Waals surface area contributed by atoms with Gasteiger partial charge in [0.25, 0.3) is 5.91 Å². The van der Waals surface area contributed by atoms with Crippen LogP contribution in [0.1, 0.15) is 5.56 Å². The molecule has 3 N–H and O–H groups in total. The summed E-state index contributed by atoms with van der Waals surface area (Å²) in [6.45, 7) is -0.202. The van der Waals surface area contributed by atoms with Gasteiger partial charge in [0.1, 0.15) is 18.1 Å². The smallest absolute Gasteiger partial charge is 0.311 e. The number of nitrogens with two attached hydrogens (primary N) is 1. The number of halogens is 1. The van der Waals surface area contributed by atoms with E-state index in [-0.39, 0.29) is 23.9 Å². The molecule has 2 aliphatic heterocycles. The zero-order valence-electron chi connectivity index (χ0n) is 15.6. The SMILES string of the molecule is COc1ccc(NC(=O)CN2C(=O)/C(=C3/SC(=O)N=C3N)c3cc(Br)ccc32)cc1. The first-order valence-corrected chi connectivity index (χ1v) is 10.3. The summed E-state index contributed by atoms with van der Waals surface area (Å²) in [5, 5.41) is 2.28. The Hall–Kier alpha value is -3.11. The number of hydrogen-bond acceptors (Lipinski definition) is 6. The second kappa shape index (κ2) is 7.96. The van der Waals surface area contributed by atoms with Crippen molar-refractivity contribution in [3.63, 3.8) is 0 Å². The van der Waals surface area contributed by atoms with E-state index in [1.807, 2.05) is 0 Å². The van der Waals surface area contributed by atoms with Gasteiger partial charge >= 0.3 is 5.24 Å². The third kappa shape index (κ3) is 3.71. The van der Waals surface area contributed by atoms with Gasteiger partial charge in [-0.15, -0.1) is 0 Å². The summed E-state index contributed by atoms with van der Waals surface area (Å²) in [6, 6.07) is 12.1. The molecule has 0 unspecified atom stereocenters. The van der Waals surface area contributed by atoms with Gasteiger partial charge in [-0.3, -0.25) is 19.3 Å². The summed E-state index contributed by atoms with van der Waals surface area (Å²) in [7, 11) is 1.56. The highest BCUT2D eigenvalue weighted by Gasteiger charge is 2.38. The maximum atomic E-state index is 13.2. The van der Waals surface area contributed by atoms with Gasteiger partial charge in [-0.05, 0) is 54.2 Å². The van der Waals surface area contributed by atoms with E-state index >= 15 is 0 Å². The minimum Gasteiger partial charge on any atom is -0.497 e. The average Bonchev–Trinajstić information content (AvgIpc) is 3.17. The Morgan fingerprint density at radius 3 is 2.60 bits per heavy atom. The highest BCUT2D eigenvalue weighted by atomic mass is 79.9. The molecule has 3 amide bonds. The number of fused-ring (bicyclic) bond motifs is 1. The number of anilines is 2. The van der Waals surface area contributed by atoms with Crippen molar-refractivity contribution in [3.05, 3.63) is 57.4 Å². The highest BCUT2D eigenvalue weighted by molar-refractivity contribution is 9.10. The van der Waals surface area contributed by atoms with Crippen LogP contribution in [0.25, 0.3) is 5.57 Å². The van der Waals surface area contributed by atoms with Gasteiger partial charge < -0.3 is 15.8 Å². The maximum Gasteiger partial charge on any atom is 0.311 e. The molecule has 0 radical (unpaired) electrons. The Morgan fingerprint density at radius 2 is 1.97 bits per heavy atom. The van der Waals surface area contributed by atoms with Crippen LogP contribution in [0.4, 0.5) is 16.2 Å². The maximum absolute atomic E-state index is 13.2. The van der Waals surface area contributed by atoms with E-state index in [1.54, 1.807) is 49.6 Å². The predicted molar refractivity (Wildman–Crippen MR) is 120 cm³/mol. The van der Waals surface area contributed by atoms with Crippen LogP contribution in [0.2, 0.25) is 0 Å². The van der Waals surface area contributed by atoms with E-state index in [0.717, 1.165) is 16.2 Å². The number of rotatable bonds is 4. The number of aliphatic imine (C=N–C) groups is 1. The molecule has 30 heavy (non-hydrogen) atoms. The minimum absolute atomic E-state index is 0.00353. The summed E-state index contributed by atoms with van der Waals surface area (Å²) in [4.78, 5) is 42.9. The number of carbonyl (C=O) groups is 3. The summed E-state index contributed by atoms with van der Waals surface area (Å²) in [5.74, 6) is -0.112. The molecule has 2 aromatic rings. The number of benzene rings is 2. The number of nitrogens with one attached hydrogen (secondary N) is 1. The fourth-order valence-electron chi connectivity index (χ4n) is 3.19. The average molecular weight is 487 g/mol. The van der Waals surface area contributed by atoms with Crippen molar-refractivity contribution in [1.82, 2.24) is 0 Å². The molecule has 0 saturated heterocycles. The molecule has 0 aromatic heterocycles. The third-order valence-corrected chi connectivity index (χ3v) is 5.89. The van der Waals surface area contributed by atoms with E-state index in [0.29, 0.717) is 27.6 Å². The zero-order chi connectivity index (χ0) is 21.4. The Bertz CT molecular complexity index is 1140. The predicted octanol–water partition coefficient (Wildman–Crippen LogP) is 3.38. The fraction of sp³-hybridized carbons (Fsp3) is 0.100.